The van der Waals surface area contributed by atoms with E-state index in [4.69, 9.17) is 16.9 Å². The highest BCUT2D eigenvalue weighted by atomic mass is 16.6. The number of carbonyl (C=O) groups is 4. The zero-order valence-electron chi connectivity index (χ0n) is 22.4. The zero-order chi connectivity index (χ0) is 28.7. The average molecular weight is 529 g/mol. The van der Waals surface area contributed by atoms with Crippen LogP contribution in [0.2, 0.25) is 0 Å². The number of anilines is 1. The van der Waals surface area contributed by atoms with Gasteiger partial charge >= 0.3 is 6.09 Å². The molecule has 9 nitrogen and oxygen atoms in total. The number of hydrogen-bond acceptors (Lipinski definition) is 5. The summed E-state index contributed by atoms with van der Waals surface area (Å²) >= 11 is 0. The minimum Gasteiger partial charge on any atom is -0.444 e. The summed E-state index contributed by atoms with van der Waals surface area (Å²) in [5.41, 5.74) is 6.18. The SMILES string of the molecule is C#CN(C(=O)C(CC(N)=O)NC(=O)OC(C)(C)C)C(C(=O)Nc1ccc2ccccc2c1)c1ccccc1C. The molecule has 3 aromatic rings. The second-order valence-corrected chi connectivity index (χ2v) is 10.0. The van der Waals surface area contributed by atoms with E-state index in [0.29, 0.717) is 16.8 Å². The number of alkyl carbamates (subject to hydrolysis) is 1. The van der Waals surface area contributed by atoms with Crippen LogP contribution in [-0.2, 0) is 19.1 Å². The molecule has 0 aromatic heterocycles. The Morgan fingerprint density at radius 3 is 2.26 bits per heavy atom. The second-order valence-electron chi connectivity index (χ2n) is 10.0. The van der Waals surface area contributed by atoms with Gasteiger partial charge in [-0.1, -0.05) is 61.0 Å². The smallest absolute Gasteiger partial charge is 0.408 e. The highest BCUT2D eigenvalue weighted by Crippen LogP contribution is 2.27. The van der Waals surface area contributed by atoms with Crippen molar-refractivity contribution < 1.29 is 23.9 Å². The summed E-state index contributed by atoms with van der Waals surface area (Å²) in [5, 5.41) is 7.12. The number of hydrogen-bond donors (Lipinski definition) is 3. The first-order chi connectivity index (χ1) is 18.4. The fraction of sp³-hybridized carbons (Fsp3) is 0.267. The largest absolute Gasteiger partial charge is 0.444 e. The Morgan fingerprint density at radius 1 is 1.00 bits per heavy atom. The highest BCUT2D eigenvalue weighted by Gasteiger charge is 2.37. The molecule has 0 bridgehead atoms. The van der Waals surface area contributed by atoms with E-state index in [-0.39, 0.29) is 0 Å². The Bertz CT molecular complexity index is 1440. The van der Waals surface area contributed by atoms with Gasteiger partial charge in [-0.25, -0.2) is 4.79 Å². The monoisotopic (exact) mass is 528 g/mol. The summed E-state index contributed by atoms with van der Waals surface area (Å²) < 4.78 is 5.24. The number of ether oxygens (including phenoxy) is 1. The van der Waals surface area contributed by atoms with E-state index in [1.165, 1.54) is 0 Å². The van der Waals surface area contributed by atoms with Gasteiger partial charge in [-0.05, 0) is 61.7 Å². The molecule has 3 aromatic carbocycles. The number of nitrogens with zero attached hydrogens (tertiary/aromatic N) is 1. The molecule has 202 valence electrons. The number of fused-ring (bicyclic) bond motifs is 1. The average Bonchev–Trinajstić information content (AvgIpc) is 2.85. The molecule has 0 spiro atoms. The van der Waals surface area contributed by atoms with Crippen molar-refractivity contribution in [3.8, 4) is 12.5 Å². The van der Waals surface area contributed by atoms with E-state index in [9.17, 15) is 19.2 Å². The van der Waals surface area contributed by atoms with E-state index < -0.39 is 47.9 Å². The van der Waals surface area contributed by atoms with Crippen LogP contribution in [0.5, 0.6) is 0 Å². The van der Waals surface area contributed by atoms with Crippen molar-refractivity contribution in [3.05, 3.63) is 77.9 Å². The summed E-state index contributed by atoms with van der Waals surface area (Å²) in [7, 11) is 0. The molecule has 4 amide bonds. The molecule has 0 heterocycles. The molecule has 0 fully saturated rings. The molecule has 0 saturated heterocycles. The third kappa shape index (κ3) is 7.58. The Labute approximate surface area is 227 Å². The molecule has 4 N–H and O–H groups in total. The number of benzene rings is 3. The van der Waals surface area contributed by atoms with Crippen LogP contribution >= 0.6 is 0 Å². The molecular formula is C30H32N4O5. The van der Waals surface area contributed by atoms with Gasteiger partial charge in [0.05, 0.1) is 6.42 Å². The van der Waals surface area contributed by atoms with Gasteiger partial charge < -0.3 is 21.1 Å². The van der Waals surface area contributed by atoms with Gasteiger partial charge in [0, 0.05) is 11.7 Å². The number of rotatable bonds is 8. The van der Waals surface area contributed by atoms with Gasteiger partial charge in [-0.15, -0.1) is 0 Å². The van der Waals surface area contributed by atoms with Crippen molar-refractivity contribution >= 4 is 40.3 Å². The molecule has 2 atom stereocenters. The molecule has 0 saturated carbocycles. The number of nitrogens with one attached hydrogen (secondary N) is 2. The van der Waals surface area contributed by atoms with Gasteiger partial charge in [0.1, 0.15) is 17.7 Å². The molecule has 39 heavy (non-hydrogen) atoms. The zero-order valence-corrected chi connectivity index (χ0v) is 22.4. The summed E-state index contributed by atoms with van der Waals surface area (Å²) in [4.78, 5) is 52.6. The van der Waals surface area contributed by atoms with Crippen LogP contribution < -0.4 is 16.4 Å². The van der Waals surface area contributed by atoms with E-state index in [1.807, 2.05) is 36.4 Å². The Balaban J connectivity index is 1.99. The number of aryl methyl sites for hydroxylation is 1. The summed E-state index contributed by atoms with van der Waals surface area (Å²) in [6.07, 6.45) is 4.29. The first-order valence-electron chi connectivity index (χ1n) is 12.3. The first-order valence-corrected chi connectivity index (χ1v) is 12.3. The lowest BCUT2D eigenvalue weighted by Gasteiger charge is -2.30. The van der Waals surface area contributed by atoms with E-state index in [2.05, 4.69) is 16.7 Å². The number of amides is 4. The third-order valence-electron chi connectivity index (χ3n) is 5.78. The predicted molar refractivity (Wildman–Crippen MR) is 149 cm³/mol. The molecule has 9 heteroatoms. The van der Waals surface area contributed by atoms with Crippen molar-refractivity contribution in [2.24, 2.45) is 5.73 Å². The van der Waals surface area contributed by atoms with Gasteiger partial charge in [-0.2, -0.15) is 0 Å². The van der Waals surface area contributed by atoms with E-state index in [1.54, 1.807) is 58.0 Å². The predicted octanol–water partition coefficient (Wildman–Crippen LogP) is 4.02. The number of nitrogens with two attached hydrogens (primary N) is 1. The summed E-state index contributed by atoms with van der Waals surface area (Å²) in [6, 6.07) is 19.6. The quantitative estimate of drug-likeness (QED) is 0.300. The molecule has 0 aliphatic rings. The summed E-state index contributed by atoms with van der Waals surface area (Å²) in [5.74, 6) is -2.31. The number of terminal acetylenes is 1. The normalized spacial score (nSPS) is 12.5. The van der Waals surface area contributed by atoms with Crippen LogP contribution in [0.1, 0.15) is 44.4 Å². The van der Waals surface area contributed by atoms with Crippen LogP contribution in [0.4, 0.5) is 10.5 Å². The van der Waals surface area contributed by atoms with Crippen molar-refractivity contribution in [1.29, 1.82) is 0 Å². The molecule has 2 unspecified atom stereocenters. The standard InChI is InChI=1S/C30H32N4O5/c1-6-34(28(37)24(18-25(31)35)33-29(38)39-30(3,4)5)26(23-14-10-7-11-19(23)2)27(36)32-22-16-15-20-12-8-9-13-21(20)17-22/h1,7-17,24,26H,18H2,2-5H3,(H2,31,35)(H,32,36)(H,33,38). The maximum atomic E-state index is 13.8. The Kier molecular flexibility index (Phi) is 8.94. The van der Waals surface area contributed by atoms with Gasteiger partial charge in [-0.3, -0.25) is 19.3 Å². The Hall–Kier alpha value is -4.84. The van der Waals surface area contributed by atoms with Crippen molar-refractivity contribution in [3.63, 3.8) is 0 Å². The fourth-order valence-corrected chi connectivity index (χ4v) is 4.05. The minimum absolute atomic E-state index is 0.470. The van der Waals surface area contributed by atoms with Gasteiger partial charge in [0.25, 0.3) is 11.8 Å². The lowest BCUT2D eigenvalue weighted by atomic mass is 9.98. The molecule has 3 rings (SSSR count). The second kappa shape index (κ2) is 12.1. The molecule has 0 aliphatic heterocycles. The fourth-order valence-electron chi connectivity index (χ4n) is 4.05. The highest BCUT2D eigenvalue weighted by molar-refractivity contribution is 6.01. The molecular weight excluding hydrogens is 496 g/mol. The van der Waals surface area contributed by atoms with Crippen LogP contribution in [0.25, 0.3) is 10.8 Å². The van der Waals surface area contributed by atoms with Crippen LogP contribution in [0.3, 0.4) is 0 Å². The number of primary amides is 1. The lowest BCUT2D eigenvalue weighted by Crippen LogP contribution is -2.52. The van der Waals surface area contributed by atoms with E-state index >= 15 is 0 Å². The van der Waals surface area contributed by atoms with Gasteiger partial charge in [0.15, 0.2) is 0 Å². The maximum Gasteiger partial charge on any atom is 0.408 e. The van der Waals surface area contributed by atoms with Crippen LogP contribution in [-0.4, -0.2) is 40.4 Å². The lowest BCUT2D eigenvalue weighted by molar-refractivity contribution is -0.138. The summed E-state index contributed by atoms with van der Waals surface area (Å²) in [6.45, 7) is 6.73. The van der Waals surface area contributed by atoms with Crippen molar-refractivity contribution in [1.82, 2.24) is 10.2 Å². The maximum absolute atomic E-state index is 13.8. The molecule has 0 radical (unpaired) electrons. The third-order valence-corrected chi connectivity index (χ3v) is 5.78. The van der Waals surface area contributed by atoms with Gasteiger partial charge in [0.2, 0.25) is 5.91 Å². The van der Waals surface area contributed by atoms with Crippen molar-refractivity contribution in [2.45, 2.75) is 51.8 Å². The first kappa shape index (κ1) is 28.7. The van der Waals surface area contributed by atoms with Crippen LogP contribution in [0.15, 0.2) is 66.7 Å². The van der Waals surface area contributed by atoms with E-state index in [0.717, 1.165) is 15.7 Å². The minimum atomic E-state index is -1.46. The number of carbonyl (C=O) groups excluding carboxylic acids is 4. The van der Waals surface area contributed by atoms with Crippen molar-refractivity contribution in [2.75, 3.05) is 5.32 Å². The Morgan fingerprint density at radius 2 is 1.64 bits per heavy atom. The molecule has 0 aliphatic carbocycles. The van der Waals surface area contributed by atoms with Crippen LogP contribution in [0, 0.1) is 19.4 Å². The topological polar surface area (TPSA) is 131 Å².